The first-order valence-electron chi connectivity index (χ1n) is 10.1. The Morgan fingerprint density at radius 2 is 1.88 bits per heavy atom. The van der Waals surface area contributed by atoms with Crippen molar-refractivity contribution in [2.24, 2.45) is 0 Å². The topological polar surface area (TPSA) is 94.2 Å². The van der Waals surface area contributed by atoms with Crippen LogP contribution in [0.1, 0.15) is 18.9 Å². The molecule has 0 bridgehead atoms. The Bertz CT molecular complexity index is 1100. The van der Waals surface area contributed by atoms with Gasteiger partial charge in [-0.05, 0) is 76.7 Å². The molecule has 0 spiro atoms. The zero-order valence-electron chi connectivity index (χ0n) is 18.3. The number of ether oxygens (including phenoxy) is 3. The van der Waals surface area contributed by atoms with Crippen LogP contribution in [0.2, 0.25) is 0 Å². The summed E-state index contributed by atoms with van der Waals surface area (Å²) in [5.41, 5.74) is 1.14. The summed E-state index contributed by atoms with van der Waals surface area (Å²) in [6, 6.07) is 10.5. The maximum atomic E-state index is 12.8. The zero-order valence-corrected chi connectivity index (χ0v) is 21.3. The van der Waals surface area contributed by atoms with Crippen molar-refractivity contribution in [3.63, 3.8) is 0 Å². The van der Waals surface area contributed by atoms with Crippen molar-refractivity contribution in [1.29, 1.82) is 0 Å². The van der Waals surface area contributed by atoms with Gasteiger partial charge in [-0.1, -0.05) is 19.1 Å². The Morgan fingerprint density at radius 1 is 1.15 bits per heavy atom. The molecule has 0 unspecified atom stereocenters. The molecule has 1 saturated heterocycles. The predicted molar refractivity (Wildman–Crippen MR) is 136 cm³/mol. The molecule has 1 fully saturated rings. The number of halogens is 1. The molecule has 8 nitrogen and oxygen atoms in total. The van der Waals surface area contributed by atoms with E-state index in [4.69, 9.17) is 14.2 Å². The molecule has 1 heterocycles. The van der Waals surface area contributed by atoms with Crippen LogP contribution >= 0.6 is 34.4 Å². The molecule has 2 aromatic carbocycles. The number of amides is 3. The fourth-order valence-electron chi connectivity index (χ4n) is 3.04. The maximum Gasteiger partial charge on any atom is 0.294 e. The summed E-state index contributed by atoms with van der Waals surface area (Å²) in [6.45, 7) is 2.17. The molecule has 33 heavy (non-hydrogen) atoms. The minimum absolute atomic E-state index is 0.227. The van der Waals surface area contributed by atoms with E-state index in [2.05, 4.69) is 27.9 Å². The first-order valence-corrected chi connectivity index (χ1v) is 12.0. The van der Waals surface area contributed by atoms with Crippen LogP contribution in [0.4, 0.5) is 10.5 Å². The molecule has 0 atom stereocenters. The standard InChI is InChI=1S/C23H23IN2O6S/c1-4-9-32-21-15(24)10-14(11-18(21)31-3)12-19-22(28)26(23(29)33-19)13-20(27)25-16-7-5-6-8-17(16)30-2/h5-8,10-12H,4,9,13H2,1-3H3,(H,25,27)/b19-12-. The molecule has 0 radical (unpaired) electrons. The molecule has 1 N–H and O–H groups in total. The largest absolute Gasteiger partial charge is 0.495 e. The van der Waals surface area contributed by atoms with E-state index in [1.807, 2.05) is 13.0 Å². The number of imide groups is 1. The van der Waals surface area contributed by atoms with Crippen molar-refractivity contribution in [2.45, 2.75) is 13.3 Å². The molecule has 174 valence electrons. The van der Waals surface area contributed by atoms with E-state index >= 15 is 0 Å². The van der Waals surface area contributed by atoms with Crippen molar-refractivity contribution in [2.75, 3.05) is 32.7 Å². The first kappa shape index (κ1) is 24.9. The SMILES string of the molecule is CCCOc1c(I)cc(/C=C2\SC(=O)N(CC(=O)Nc3ccccc3OC)C2=O)cc1OC. The molecule has 0 saturated carbocycles. The quantitative estimate of drug-likeness (QED) is 0.336. The number of hydrogen-bond donors (Lipinski definition) is 1. The van der Waals surface area contributed by atoms with Crippen molar-refractivity contribution in [3.8, 4) is 17.2 Å². The monoisotopic (exact) mass is 582 g/mol. The Morgan fingerprint density at radius 3 is 2.58 bits per heavy atom. The summed E-state index contributed by atoms with van der Waals surface area (Å²) in [7, 11) is 3.03. The summed E-state index contributed by atoms with van der Waals surface area (Å²) >= 11 is 2.93. The van der Waals surface area contributed by atoms with E-state index in [1.54, 1.807) is 43.5 Å². The zero-order chi connectivity index (χ0) is 24.0. The highest BCUT2D eigenvalue weighted by Gasteiger charge is 2.36. The second-order valence-corrected chi connectivity index (χ2v) is 9.05. The number of nitrogens with zero attached hydrogens (tertiary/aromatic N) is 1. The highest BCUT2D eigenvalue weighted by atomic mass is 127. The molecule has 0 aromatic heterocycles. The molecule has 2 aromatic rings. The molecule has 0 aliphatic carbocycles. The second-order valence-electron chi connectivity index (χ2n) is 6.90. The number of hydrogen-bond acceptors (Lipinski definition) is 7. The molecule has 1 aliphatic rings. The smallest absolute Gasteiger partial charge is 0.294 e. The van der Waals surface area contributed by atoms with E-state index in [-0.39, 0.29) is 4.91 Å². The van der Waals surface area contributed by atoms with Gasteiger partial charge in [-0.3, -0.25) is 19.3 Å². The van der Waals surface area contributed by atoms with Gasteiger partial charge in [0.2, 0.25) is 5.91 Å². The van der Waals surface area contributed by atoms with Crippen LogP contribution < -0.4 is 19.5 Å². The summed E-state index contributed by atoms with van der Waals surface area (Å²) in [4.78, 5) is 38.9. The second kappa shape index (κ2) is 11.4. The van der Waals surface area contributed by atoms with E-state index in [0.29, 0.717) is 35.1 Å². The van der Waals surface area contributed by atoms with Crippen LogP contribution in [-0.2, 0) is 9.59 Å². The predicted octanol–water partition coefficient (Wildman–Crippen LogP) is 4.77. The van der Waals surface area contributed by atoms with Gasteiger partial charge in [0.05, 0.1) is 35.0 Å². The lowest BCUT2D eigenvalue weighted by molar-refractivity contribution is -0.127. The van der Waals surface area contributed by atoms with Crippen LogP contribution in [0, 0.1) is 3.57 Å². The van der Waals surface area contributed by atoms with E-state index in [1.165, 1.54) is 7.11 Å². The van der Waals surface area contributed by atoms with Gasteiger partial charge in [-0.15, -0.1) is 0 Å². The van der Waals surface area contributed by atoms with Crippen LogP contribution in [0.5, 0.6) is 17.2 Å². The summed E-state index contributed by atoms with van der Waals surface area (Å²) in [5, 5.41) is 2.16. The van der Waals surface area contributed by atoms with Gasteiger partial charge in [0.1, 0.15) is 12.3 Å². The number of methoxy groups -OCH3 is 2. The average Bonchev–Trinajstić information content (AvgIpc) is 3.05. The summed E-state index contributed by atoms with van der Waals surface area (Å²) in [5.74, 6) is 0.627. The maximum absolute atomic E-state index is 12.8. The van der Waals surface area contributed by atoms with Gasteiger partial charge in [0.25, 0.3) is 11.1 Å². The number of benzene rings is 2. The van der Waals surface area contributed by atoms with Crippen molar-refractivity contribution >= 4 is 63.2 Å². The number of rotatable bonds is 9. The lowest BCUT2D eigenvalue weighted by Gasteiger charge is -2.14. The summed E-state index contributed by atoms with van der Waals surface area (Å²) in [6.07, 6.45) is 2.47. The third-order valence-corrected chi connectivity index (χ3v) is 6.27. The highest BCUT2D eigenvalue weighted by molar-refractivity contribution is 14.1. The van der Waals surface area contributed by atoms with Gasteiger partial charge in [-0.2, -0.15) is 0 Å². The minimum Gasteiger partial charge on any atom is -0.495 e. The van der Waals surface area contributed by atoms with Crippen LogP contribution in [0.15, 0.2) is 41.3 Å². The fraction of sp³-hybridized carbons (Fsp3) is 0.261. The first-order chi connectivity index (χ1) is 15.9. The molecule has 3 amide bonds. The lowest BCUT2D eigenvalue weighted by atomic mass is 10.2. The van der Waals surface area contributed by atoms with Crippen LogP contribution in [-0.4, -0.2) is 49.3 Å². The number of anilines is 1. The van der Waals surface area contributed by atoms with Crippen LogP contribution in [0.25, 0.3) is 6.08 Å². The summed E-state index contributed by atoms with van der Waals surface area (Å²) < 4.78 is 17.2. The molecule has 3 rings (SSSR count). The van der Waals surface area contributed by atoms with Gasteiger partial charge < -0.3 is 19.5 Å². The van der Waals surface area contributed by atoms with E-state index < -0.39 is 23.6 Å². The number of carbonyl (C=O) groups excluding carboxylic acids is 3. The Labute approximate surface area is 209 Å². The number of para-hydroxylation sites is 2. The Hall–Kier alpha value is -2.73. The molecular weight excluding hydrogens is 559 g/mol. The van der Waals surface area contributed by atoms with E-state index in [0.717, 1.165) is 26.7 Å². The average molecular weight is 582 g/mol. The van der Waals surface area contributed by atoms with E-state index in [9.17, 15) is 14.4 Å². The van der Waals surface area contributed by atoms with Gasteiger partial charge in [-0.25, -0.2) is 0 Å². The fourth-order valence-corrected chi connectivity index (χ4v) is 4.66. The molecular formula is C23H23IN2O6S. The number of thioether (sulfide) groups is 1. The molecule has 1 aliphatic heterocycles. The van der Waals surface area contributed by atoms with Crippen LogP contribution in [0.3, 0.4) is 0 Å². The highest BCUT2D eigenvalue weighted by Crippen LogP contribution is 2.37. The van der Waals surface area contributed by atoms with Crippen molar-refractivity contribution < 1.29 is 28.6 Å². The number of carbonyl (C=O) groups is 3. The third-order valence-electron chi connectivity index (χ3n) is 4.56. The van der Waals surface area contributed by atoms with Gasteiger partial charge in [0.15, 0.2) is 11.5 Å². The lowest BCUT2D eigenvalue weighted by Crippen LogP contribution is -2.36. The number of nitrogens with one attached hydrogen (secondary N) is 1. The van der Waals surface area contributed by atoms with Gasteiger partial charge in [0, 0.05) is 0 Å². The molecule has 10 heteroatoms. The minimum atomic E-state index is -0.527. The Balaban J connectivity index is 1.75. The third kappa shape index (κ3) is 5.99. The normalized spacial score (nSPS) is 14.5. The van der Waals surface area contributed by atoms with Crippen molar-refractivity contribution in [3.05, 3.63) is 50.4 Å². The Kier molecular flexibility index (Phi) is 8.61. The van der Waals surface area contributed by atoms with Gasteiger partial charge >= 0.3 is 0 Å². The van der Waals surface area contributed by atoms with Crippen molar-refractivity contribution in [1.82, 2.24) is 4.90 Å².